The maximum atomic E-state index is 12.0. The van der Waals surface area contributed by atoms with Gasteiger partial charge in [0.25, 0.3) is 0 Å². The van der Waals surface area contributed by atoms with Gasteiger partial charge in [0.2, 0.25) is 5.91 Å². The van der Waals surface area contributed by atoms with E-state index in [0.717, 1.165) is 61.8 Å². The second kappa shape index (κ2) is 13.5. The zero-order chi connectivity index (χ0) is 21.2. The maximum absolute atomic E-state index is 12.0. The lowest BCUT2D eigenvalue weighted by atomic mass is 10.2. The molecular formula is C22H34IN5O3. The number of aliphatic imine (C=N–C) groups is 1. The van der Waals surface area contributed by atoms with Gasteiger partial charge in [-0.1, -0.05) is 18.2 Å². The van der Waals surface area contributed by atoms with E-state index in [2.05, 4.69) is 39.5 Å². The Bertz CT molecular complexity index is 800. The van der Waals surface area contributed by atoms with E-state index >= 15 is 0 Å². The molecule has 2 aromatic rings. The molecule has 1 fully saturated rings. The van der Waals surface area contributed by atoms with Gasteiger partial charge in [-0.2, -0.15) is 0 Å². The minimum atomic E-state index is 0. The molecule has 172 valence electrons. The third-order valence-corrected chi connectivity index (χ3v) is 5.10. The molecule has 2 N–H and O–H groups in total. The molecule has 1 aromatic heterocycles. The van der Waals surface area contributed by atoms with Crippen LogP contribution in [0.4, 0.5) is 0 Å². The zero-order valence-electron chi connectivity index (χ0n) is 18.4. The van der Waals surface area contributed by atoms with Gasteiger partial charge in [-0.25, -0.2) is 0 Å². The fourth-order valence-electron chi connectivity index (χ4n) is 3.53. The van der Waals surface area contributed by atoms with Crippen LogP contribution >= 0.6 is 24.0 Å². The Kier molecular flexibility index (Phi) is 11.1. The van der Waals surface area contributed by atoms with Crippen molar-refractivity contribution in [3.63, 3.8) is 0 Å². The van der Waals surface area contributed by atoms with E-state index in [1.807, 2.05) is 18.2 Å². The normalized spacial score (nSPS) is 15.0. The molecule has 2 heterocycles. The van der Waals surface area contributed by atoms with Crippen LogP contribution in [-0.2, 0) is 16.0 Å². The summed E-state index contributed by atoms with van der Waals surface area (Å²) in [6, 6.07) is 10.1. The van der Waals surface area contributed by atoms with Crippen LogP contribution in [0.2, 0.25) is 0 Å². The number of hydrogen-bond acceptors (Lipinski definition) is 5. The van der Waals surface area contributed by atoms with Crippen molar-refractivity contribution in [1.82, 2.24) is 20.4 Å². The Balaban J connectivity index is 0.00000341. The van der Waals surface area contributed by atoms with Gasteiger partial charge in [-0.05, 0) is 19.1 Å². The predicted molar refractivity (Wildman–Crippen MR) is 134 cm³/mol. The second-order valence-electron chi connectivity index (χ2n) is 7.34. The van der Waals surface area contributed by atoms with E-state index in [-0.39, 0.29) is 29.9 Å². The summed E-state index contributed by atoms with van der Waals surface area (Å²) in [4.78, 5) is 21.2. The number of furan rings is 1. The monoisotopic (exact) mass is 543 g/mol. The standard InChI is InChI=1S/C22H33N5O3.HI/c1-3-23-22(25-9-8-19-16-18-6-4-5-7-20(18)30-19)27-13-11-26(12-14-27)17-21(28)24-10-15-29-2;/h4-7,16H,3,8-15,17H2,1-2H3,(H,23,25)(H,24,28);1H. The van der Waals surface area contributed by atoms with E-state index in [9.17, 15) is 4.79 Å². The van der Waals surface area contributed by atoms with Gasteiger partial charge in [0, 0.05) is 64.7 Å². The molecule has 1 amide bonds. The number of guanidine groups is 1. The quantitative estimate of drug-likeness (QED) is 0.218. The predicted octanol–water partition coefficient (Wildman–Crippen LogP) is 1.94. The van der Waals surface area contributed by atoms with Crippen LogP contribution in [0.15, 0.2) is 39.7 Å². The van der Waals surface area contributed by atoms with Crippen molar-refractivity contribution in [1.29, 1.82) is 0 Å². The number of benzene rings is 1. The van der Waals surface area contributed by atoms with Crippen LogP contribution in [0.25, 0.3) is 11.0 Å². The van der Waals surface area contributed by atoms with E-state index in [1.54, 1.807) is 7.11 Å². The number of rotatable bonds is 9. The number of hydrogen-bond donors (Lipinski definition) is 2. The SMILES string of the molecule is CCNC(=NCCc1cc2ccccc2o1)N1CCN(CC(=O)NCCOC)CC1.I. The number of ether oxygens (including phenoxy) is 1. The molecule has 1 saturated heterocycles. The summed E-state index contributed by atoms with van der Waals surface area (Å²) in [5.41, 5.74) is 0.922. The van der Waals surface area contributed by atoms with Crippen LogP contribution in [0, 0.1) is 0 Å². The number of para-hydroxylation sites is 1. The molecule has 31 heavy (non-hydrogen) atoms. The number of carbonyl (C=O) groups excluding carboxylic acids is 1. The van der Waals surface area contributed by atoms with Crippen molar-refractivity contribution in [2.45, 2.75) is 13.3 Å². The van der Waals surface area contributed by atoms with E-state index in [4.69, 9.17) is 14.1 Å². The molecule has 0 aliphatic carbocycles. The molecule has 0 saturated carbocycles. The highest BCUT2D eigenvalue weighted by molar-refractivity contribution is 14.0. The first kappa shape index (κ1) is 25.4. The zero-order valence-corrected chi connectivity index (χ0v) is 20.8. The highest BCUT2D eigenvalue weighted by Crippen LogP contribution is 2.19. The van der Waals surface area contributed by atoms with Gasteiger partial charge in [0.1, 0.15) is 11.3 Å². The van der Waals surface area contributed by atoms with Crippen molar-refractivity contribution in [2.75, 3.05) is 66.1 Å². The summed E-state index contributed by atoms with van der Waals surface area (Å²) in [6.07, 6.45) is 0.769. The molecule has 1 aliphatic heterocycles. The number of piperazine rings is 1. The number of amides is 1. The van der Waals surface area contributed by atoms with Crippen molar-refractivity contribution >= 4 is 46.8 Å². The van der Waals surface area contributed by atoms with Crippen molar-refractivity contribution in [2.24, 2.45) is 4.99 Å². The topological polar surface area (TPSA) is 82.3 Å². The van der Waals surface area contributed by atoms with Crippen molar-refractivity contribution in [3.8, 4) is 0 Å². The third kappa shape index (κ3) is 7.97. The summed E-state index contributed by atoms with van der Waals surface area (Å²) in [5.74, 6) is 1.94. The van der Waals surface area contributed by atoms with Crippen molar-refractivity contribution in [3.05, 3.63) is 36.1 Å². The minimum absolute atomic E-state index is 0. The fraction of sp³-hybridized carbons (Fsp3) is 0.545. The summed E-state index contributed by atoms with van der Waals surface area (Å²) >= 11 is 0. The van der Waals surface area contributed by atoms with Gasteiger partial charge in [-0.3, -0.25) is 14.7 Å². The Morgan fingerprint density at radius 1 is 1.19 bits per heavy atom. The fourth-order valence-corrected chi connectivity index (χ4v) is 3.53. The van der Waals surface area contributed by atoms with Gasteiger partial charge >= 0.3 is 0 Å². The Hall–Kier alpha value is -1.85. The molecule has 9 heteroatoms. The van der Waals surface area contributed by atoms with E-state index in [0.29, 0.717) is 26.2 Å². The van der Waals surface area contributed by atoms with Crippen LogP contribution in [0.1, 0.15) is 12.7 Å². The number of methoxy groups -OCH3 is 1. The largest absolute Gasteiger partial charge is 0.461 e. The lowest BCUT2D eigenvalue weighted by Gasteiger charge is -2.36. The molecule has 1 aliphatic rings. The summed E-state index contributed by atoms with van der Waals surface area (Å²) < 4.78 is 10.8. The third-order valence-electron chi connectivity index (χ3n) is 5.10. The van der Waals surface area contributed by atoms with Gasteiger partial charge in [0.15, 0.2) is 5.96 Å². The minimum Gasteiger partial charge on any atom is -0.461 e. The molecule has 8 nitrogen and oxygen atoms in total. The summed E-state index contributed by atoms with van der Waals surface area (Å²) in [7, 11) is 1.63. The molecule has 0 unspecified atom stereocenters. The Morgan fingerprint density at radius 2 is 1.97 bits per heavy atom. The lowest BCUT2D eigenvalue weighted by molar-refractivity contribution is -0.122. The first-order valence-electron chi connectivity index (χ1n) is 10.7. The molecule has 0 bridgehead atoms. The van der Waals surface area contributed by atoms with Crippen molar-refractivity contribution < 1.29 is 13.9 Å². The first-order valence-corrected chi connectivity index (χ1v) is 10.7. The number of fused-ring (bicyclic) bond motifs is 1. The molecular weight excluding hydrogens is 509 g/mol. The number of nitrogens with zero attached hydrogens (tertiary/aromatic N) is 3. The van der Waals surface area contributed by atoms with Crippen LogP contribution in [0.3, 0.4) is 0 Å². The molecule has 0 radical (unpaired) electrons. The van der Waals surface area contributed by atoms with Gasteiger partial charge in [-0.15, -0.1) is 24.0 Å². The maximum Gasteiger partial charge on any atom is 0.234 e. The Labute approximate surface area is 201 Å². The molecule has 3 rings (SSSR count). The number of nitrogens with one attached hydrogen (secondary N) is 2. The van der Waals surface area contributed by atoms with Gasteiger partial charge < -0.3 is 24.7 Å². The average Bonchev–Trinajstić information content (AvgIpc) is 3.17. The van der Waals surface area contributed by atoms with Crippen LogP contribution in [0.5, 0.6) is 0 Å². The van der Waals surface area contributed by atoms with Gasteiger partial charge in [0.05, 0.1) is 13.2 Å². The number of halogens is 1. The number of carbonyl (C=O) groups is 1. The summed E-state index contributed by atoms with van der Waals surface area (Å²) in [5, 5.41) is 7.39. The molecule has 0 atom stereocenters. The van der Waals surface area contributed by atoms with Crippen LogP contribution < -0.4 is 10.6 Å². The van der Waals surface area contributed by atoms with E-state index in [1.165, 1.54) is 0 Å². The highest BCUT2D eigenvalue weighted by Gasteiger charge is 2.21. The first-order chi connectivity index (χ1) is 14.7. The summed E-state index contributed by atoms with van der Waals surface area (Å²) in [6.45, 7) is 8.47. The molecule has 0 spiro atoms. The second-order valence-corrected chi connectivity index (χ2v) is 7.34. The lowest BCUT2D eigenvalue weighted by Crippen LogP contribution is -2.54. The average molecular weight is 543 g/mol. The highest BCUT2D eigenvalue weighted by atomic mass is 127. The van der Waals surface area contributed by atoms with E-state index < -0.39 is 0 Å². The molecule has 1 aromatic carbocycles. The Morgan fingerprint density at radius 3 is 2.68 bits per heavy atom. The van der Waals surface area contributed by atoms with Crippen LogP contribution in [-0.4, -0.2) is 87.7 Å². The smallest absolute Gasteiger partial charge is 0.234 e.